The number of nitrogens with one attached hydrogen (secondary N) is 3. The van der Waals surface area contributed by atoms with Crippen molar-refractivity contribution >= 4 is 11.9 Å². The van der Waals surface area contributed by atoms with Crippen molar-refractivity contribution in [3.8, 4) is 0 Å². The van der Waals surface area contributed by atoms with Crippen LogP contribution in [0.2, 0.25) is 0 Å². The maximum atomic E-state index is 13.4. The maximum Gasteiger partial charge on any atom is 0.315 e. The summed E-state index contributed by atoms with van der Waals surface area (Å²) < 4.78 is 26.4. The van der Waals surface area contributed by atoms with Gasteiger partial charge in [-0.2, -0.15) is 0 Å². The molecule has 2 atom stereocenters. The van der Waals surface area contributed by atoms with Crippen molar-refractivity contribution in [1.29, 1.82) is 0 Å². The van der Waals surface area contributed by atoms with Crippen LogP contribution in [-0.4, -0.2) is 31.1 Å². The molecule has 2 rings (SSSR count). The van der Waals surface area contributed by atoms with Crippen LogP contribution in [0.15, 0.2) is 18.2 Å². The van der Waals surface area contributed by atoms with Gasteiger partial charge >= 0.3 is 6.03 Å². The van der Waals surface area contributed by atoms with Gasteiger partial charge in [0.15, 0.2) is 0 Å². The van der Waals surface area contributed by atoms with Gasteiger partial charge in [0.1, 0.15) is 17.7 Å². The van der Waals surface area contributed by atoms with E-state index in [4.69, 9.17) is 0 Å². The molecule has 0 saturated carbocycles. The number of amides is 3. The van der Waals surface area contributed by atoms with Gasteiger partial charge in [0.25, 0.3) is 0 Å². The third-order valence-corrected chi connectivity index (χ3v) is 3.72. The molecule has 7 heteroatoms. The van der Waals surface area contributed by atoms with E-state index in [1.165, 1.54) is 0 Å². The summed E-state index contributed by atoms with van der Waals surface area (Å²) in [7, 11) is 0. The molecule has 0 spiro atoms. The minimum atomic E-state index is -0.570. The van der Waals surface area contributed by atoms with E-state index in [-0.39, 0.29) is 30.4 Å². The Morgan fingerprint density at radius 1 is 1.41 bits per heavy atom. The summed E-state index contributed by atoms with van der Waals surface area (Å²) in [5.74, 6) is -1.18. The molecule has 1 aromatic carbocycles. The molecule has 1 saturated heterocycles. The zero-order valence-electron chi connectivity index (χ0n) is 12.3. The molecule has 0 radical (unpaired) electrons. The Morgan fingerprint density at radius 2 is 2.18 bits per heavy atom. The number of halogens is 2. The van der Waals surface area contributed by atoms with Crippen molar-refractivity contribution in [2.24, 2.45) is 5.92 Å². The summed E-state index contributed by atoms with van der Waals surface area (Å²) in [4.78, 5) is 23.4. The van der Waals surface area contributed by atoms with Crippen LogP contribution in [0.5, 0.6) is 0 Å². The van der Waals surface area contributed by atoms with Crippen LogP contribution >= 0.6 is 0 Å². The number of carbonyl (C=O) groups excluding carboxylic acids is 2. The zero-order valence-corrected chi connectivity index (χ0v) is 12.3. The van der Waals surface area contributed by atoms with Gasteiger partial charge in [0, 0.05) is 13.1 Å². The average Bonchev–Trinajstić information content (AvgIpc) is 2.47. The number of piperidine rings is 1. The van der Waals surface area contributed by atoms with Crippen LogP contribution in [0.4, 0.5) is 13.6 Å². The monoisotopic (exact) mass is 311 g/mol. The first kappa shape index (κ1) is 16.2. The third-order valence-electron chi connectivity index (χ3n) is 3.72. The average molecular weight is 311 g/mol. The lowest BCUT2D eigenvalue weighted by Crippen LogP contribution is -2.56. The normalized spacial score (nSPS) is 21.1. The number of benzene rings is 1. The van der Waals surface area contributed by atoms with E-state index in [9.17, 15) is 18.4 Å². The van der Waals surface area contributed by atoms with Crippen molar-refractivity contribution in [3.63, 3.8) is 0 Å². The zero-order chi connectivity index (χ0) is 16.1. The van der Waals surface area contributed by atoms with Crippen molar-refractivity contribution in [2.45, 2.75) is 25.8 Å². The van der Waals surface area contributed by atoms with Crippen molar-refractivity contribution in [1.82, 2.24) is 16.0 Å². The van der Waals surface area contributed by atoms with E-state index in [1.807, 2.05) is 6.92 Å². The molecule has 3 N–H and O–H groups in total. The summed E-state index contributed by atoms with van der Waals surface area (Å²) in [6.45, 7) is 2.65. The Labute approximate surface area is 127 Å². The highest BCUT2D eigenvalue weighted by Gasteiger charge is 2.29. The Kier molecular flexibility index (Phi) is 5.30. The van der Waals surface area contributed by atoms with Crippen LogP contribution in [0.1, 0.15) is 18.9 Å². The SMILES string of the molecule is C[C@@H]1CCNC(=O)[C@H]1NC(=O)NCCc1cc(F)ccc1F. The first-order valence-corrected chi connectivity index (χ1v) is 7.23. The van der Waals surface area contributed by atoms with Crippen LogP contribution < -0.4 is 16.0 Å². The first-order chi connectivity index (χ1) is 10.5. The standard InChI is InChI=1S/C15H19F2N3O2/c1-9-4-6-18-14(21)13(9)20-15(22)19-7-5-10-8-11(16)2-3-12(10)17/h2-3,8-9,13H,4-7H2,1H3,(H,18,21)(H2,19,20,22)/t9-,13+/m1/s1. The van der Waals surface area contributed by atoms with Gasteiger partial charge in [-0.25, -0.2) is 13.6 Å². The molecule has 0 bridgehead atoms. The molecular weight excluding hydrogens is 292 g/mol. The fourth-order valence-electron chi connectivity index (χ4n) is 2.40. The fraction of sp³-hybridized carbons (Fsp3) is 0.467. The van der Waals surface area contributed by atoms with Crippen LogP contribution in [-0.2, 0) is 11.2 Å². The van der Waals surface area contributed by atoms with Crippen molar-refractivity contribution < 1.29 is 18.4 Å². The Balaban J connectivity index is 1.80. The molecule has 1 heterocycles. The molecule has 0 unspecified atom stereocenters. The molecule has 0 aliphatic carbocycles. The van der Waals surface area contributed by atoms with Crippen molar-refractivity contribution in [3.05, 3.63) is 35.4 Å². The molecule has 1 aliphatic rings. The number of hydrogen-bond acceptors (Lipinski definition) is 2. The Hall–Kier alpha value is -2.18. The molecular formula is C15H19F2N3O2. The van der Waals surface area contributed by atoms with Crippen LogP contribution in [0.3, 0.4) is 0 Å². The van der Waals surface area contributed by atoms with E-state index < -0.39 is 23.7 Å². The summed E-state index contributed by atoms with van der Waals surface area (Å²) >= 11 is 0. The maximum absolute atomic E-state index is 13.4. The highest BCUT2D eigenvalue weighted by molar-refractivity contribution is 5.87. The molecule has 1 aromatic rings. The lowest BCUT2D eigenvalue weighted by molar-refractivity contribution is -0.125. The van der Waals surface area contributed by atoms with Gasteiger partial charge in [-0.05, 0) is 42.5 Å². The van der Waals surface area contributed by atoms with Gasteiger partial charge < -0.3 is 16.0 Å². The van der Waals surface area contributed by atoms with E-state index >= 15 is 0 Å². The van der Waals surface area contributed by atoms with Crippen molar-refractivity contribution in [2.75, 3.05) is 13.1 Å². The molecule has 3 amide bonds. The van der Waals surface area contributed by atoms with E-state index in [2.05, 4.69) is 16.0 Å². The topological polar surface area (TPSA) is 70.2 Å². The third kappa shape index (κ3) is 4.16. The highest BCUT2D eigenvalue weighted by Crippen LogP contribution is 2.12. The molecule has 22 heavy (non-hydrogen) atoms. The molecule has 5 nitrogen and oxygen atoms in total. The molecule has 0 aromatic heterocycles. The first-order valence-electron chi connectivity index (χ1n) is 7.23. The number of urea groups is 1. The van der Waals surface area contributed by atoms with E-state index in [0.717, 1.165) is 24.6 Å². The molecule has 120 valence electrons. The largest absolute Gasteiger partial charge is 0.354 e. The van der Waals surface area contributed by atoms with Gasteiger partial charge in [-0.15, -0.1) is 0 Å². The van der Waals surface area contributed by atoms with Gasteiger partial charge in [-0.3, -0.25) is 4.79 Å². The van der Waals surface area contributed by atoms with E-state index in [0.29, 0.717) is 6.54 Å². The Morgan fingerprint density at radius 3 is 2.91 bits per heavy atom. The van der Waals surface area contributed by atoms with Crippen LogP contribution in [0, 0.1) is 17.6 Å². The number of rotatable bonds is 4. The summed E-state index contributed by atoms with van der Waals surface area (Å²) in [5, 5.41) is 7.84. The van der Waals surface area contributed by atoms with Gasteiger partial charge in [0.05, 0.1) is 0 Å². The predicted molar refractivity (Wildman–Crippen MR) is 77.2 cm³/mol. The second kappa shape index (κ2) is 7.20. The molecule has 1 fully saturated rings. The summed E-state index contributed by atoms with van der Waals surface area (Å²) in [6, 6.07) is 2.14. The second-order valence-corrected chi connectivity index (χ2v) is 5.42. The van der Waals surface area contributed by atoms with Crippen LogP contribution in [0.25, 0.3) is 0 Å². The fourth-order valence-corrected chi connectivity index (χ4v) is 2.40. The second-order valence-electron chi connectivity index (χ2n) is 5.42. The smallest absolute Gasteiger partial charge is 0.315 e. The highest BCUT2D eigenvalue weighted by atomic mass is 19.1. The predicted octanol–water partition coefficient (Wildman–Crippen LogP) is 1.33. The number of hydrogen-bond donors (Lipinski definition) is 3. The van der Waals surface area contributed by atoms with E-state index in [1.54, 1.807) is 0 Å². The molecule has 1 aliphatic heterocycles. The van der Waals surface area contributed by atoms with Gasteiger partial charge in [0.2, 0.25) is 5.91 Å². The lowest BCUT2D eigenvalue weighted by atomic mass is 9.94. The lowest BCUT2D eigenvalue weighted by Gasteiger charge is -2.28. The minimum absolute atomic E-state index is 0.0557. The summed E-state index contributed by atoms with van der Waals surface area (Å²) in [6.07, 6.45) is 0.967. The summed E-state index contributed by atoms with van der Waals surface area (Å²) in [5.41, 5.74) is 0.198. The Bertz CT molecular complexity index is 566. The minimum Gasteiger partial charge on any atom is -0.354 e. The van der Waals surface area contributed by atoms with Gasteiger partial charge in [-0.1, -0.05) is 6.92 Å². The number of carbonyl (C=O) groups is 2. The quantitative estimate of drug-likeness (QED) is 0.785.